The smallest absolute Gasteiger partial charge is 0.224 e. The molecular weight excluding hydrogens is 431 g/mol. The van der Waals surface area contributed by atoms with Crippen LogP contribution >= 0.6 is 37.2 Å². The Hall–Kier alpha value is -1.66. The number of anilines is 2. The third kappa shape index (κ3) is 8.31. The molecule has 1 atom stereocenters. The Bertz CT molecular complexity index is 708. The van der Waals surface area contributed by atoms with Gasteiger partial charge in [0.15, 0.2) is 0 Å². The Kier molecular flexibility index (Phi) is 12.8. The van der Waals surface area contributed by atoms with Gasteiger partial charge in [-0.05, 0) is 36.8 Å². The zero-order valence-electron chi connectivity index (χ0n) is 16.6. The minimum atomic E-state index is 0. The third-order valence-corrected chi connectivity index (χ3v) is 5.00. The summed E-state index contributed by atoms with van der Waals surface area (Å²) >= 11 is 0. The molecule has 3 rings (SSSR count). The summed E-state index contributed by atoms with van der Waals surface area (Å²) in [5, 5.41) is 3.06. The number of para-hydroxylation sites is 1. The first-order chi connectivity index (χ1) is 12.6. The number of hydrogen-bond donors (Lipinski definition) is 2. The fourth-order valence-electron chi connectivity index (χ4n) is 3.33. The Labute approximate surface area is 192 Å². The van der Waals surface area contributed by atoms with E-state index in [0.717, 1.165) is 37.4 Å². The quantitative estimate of drug-likeness (QED) is 0.647. The van der Waals surface area contributed by atoms with Crippen molar-refractivity contribution in [2.24, 2.45) is 0 Å². The van der Waals surface area contributed by atoms with Crippen molar-refractivity contribution in [3.8, 4) is 0 Å². The molecule has 1 aliphatic rings. The van der Waals surface area contributed by atoms with Crippen LogP contribution in [0.15, 0.2) is 54.6 Å². The van der Waals surface area contributed by atoms with Gasteiger partial charge in [-0.15, -0.1) is 37.2 Å². The van der Waals surface area contributed by atoms with Gasteiger partial charge in [0.1, 0.15) is 0 Å². The van der Waals surface area contributed by atoms with Crippen molar-refractivity contribution in [1.82, 2.24) is 10.2 Å². The number of nitrogens with one attached hydrogen (secondary N) is 1. The summed E-state index contributed by atoms with van der Waals surface area (Å²) in [6.07, 6.45) is 0.398. The van der Waals surface area contributed by atoms with Crippen LogP contribution in [-0.4, -0.2) is 49.6 Å². The van der Waals surface area contributed by atoms with Crippen molar-refractivity contribution in [3.05, 3.63) is 60.2 Å². The molecule has 0 aromatic heterocycles. The maximum absolute atomic E-state index is 12.2. The second kappa shape index (κ2) is 13.5. The second-order valence-corrected chi connectivity index (χ2v) is 6.93. The summed E-state index contributed by atoms with van der Waals surface area (Å²) in [7, 11) is 0. The van der Waals surface area contributed by atoms with E-state index in [2.05, 4.69) is 52.4 Å². The van der Waals surface area contributed by atoms with Crippen LogP contribution in [0.1, 0.15) is 12.5 Å². The van der Waals surface area contributed by atoms with Gasteiger partial charge in [-0.1, -0.05) is 30.3 Å². The zero-order valence-corrected chi connectivity index (χ0v) is 19.1. The van der Waals surface area contributed by atoms with E-state index >= 15 is 0 Å². The number of nitrogens with zero attached hydrogens (tertiary/aromatic N) is 2. The summed E-state index contributed by atoms with van der Waals surface area (Å²) in [6, 6.07) is 18.4. The lowest BCUT2D eigenvalue weighted by Gasteiger charge is -2.39. The monoisotopic (exact) mass is 460 g/mol. The van der Waals surface area contributed by atoms with Gasteiger partial charge < -0.3 is 16.0 Å². The van der Waals surface area contributed by atoms with Crippen molar-refractivity contribution in [3.63, 3.8) is 0 Å². The second-order valence-electron chi connectivity index (χ2n) is 6.93. The number of hydrogen-bond acceptors (Lipinski definition) is 4. The summed E-state index contributed by atoms with van der Waals surface area (Å²) in [5.74, 6) is 0.0598. The Morgan fingerprint density at radius 2 is 1.55 bits per heavy atom. The van der Waals surface area contributed by atoms with E-state index in [9.17, 15) is 4.79 Å². The van der Waals surface area contributed by atoms with Gasteiger partial charge in [-0.2, -0.15) is 0 Å². The maximum Gasteiger partial charge on any atom is 0.224 e. The van der Waals surface area contributed by atoms with Crippen molar-refractivity contribution in [2.45, 2.75) is 19.4 Å². The van der Waals surface area contributed by atoms with E-state index in [0.29, 0.717) is 19.0 Å². The SMILES string of the molecule is CC(CNC(=O)Cc1ccc(N)cc1)N1CCN(c2ccccc2)CC1.Cl.Cl.Cl. The lowest BCUT2D eigenvalue weighted by molar-refractivity contribution is -0.120. The molecule has 0 bridgehead atoms. The van der Waals surface area contributed by atoms with Gasteiger partial charge >= 0.3 is 0 Å². The molecule has 1 amide bonds. The highest BCUT2D eigenvalue weighted by atomic mass is 35.5. The number of amides is 1. The number of piperazine rings is 1. The Morgan fingerprint density at radius 1 is 0.966 bits per heavy atom. The molecule has 1 fully saturated rings. The zero-order chi connectivity index (χ0) is 18.4. The van der Waals surface area contributed by atoms with Crippen LogP contribution in [0.4, 0.5) is 11.4 Å². The molecule has 2 aromatic rings. The molecule has 8 heteroatoms. The predicted molar refractivity (Wildman–Crippen MR) is 129 cm³/mol. The summed E-state index contributed by atoms with van der Waals surface area (Å²) in [5.41, 5.74) is 8.67. The molecule has 2 aromatic carbocycles. The minimum absolute atomic E-state index is 0. The predicted octanol–water partition coefficient (Wildman–Crippen LogP) is 3.40. The van der Waals surface area contributed by atoms with E-state index in [1.165, 1.54) is 5.69 Å². The van der Waals surface area contributed by atoms with Crippen LogP contribution in [0.5, 0.6) is 0 Å². The normalized spacial score (nSPS) is 14.6. The standard InChI is InChI=1S/C21H28N4O.3ClH/c1-17(16-23-21(26)15-18-7-9-19(22)10-8-18)24-11-13-25(14-12-24)20-5-3-2-4-6-20;;;/h2-10,17H,11-16,22H2,1H3,(H,23,26);3*1H. The fourth-order valence-corrected chi connectivity index (χ4v) is 3.33. The molecule has 1 heterocycles. The summed E-state index contributed by atoms with van der Waals surface area (Å²) in [6.45, 7) is 6.94. The molecule has 0 aliphatic carbocycles. The lowest BCUT2D eigenvalue weighted by atomic mass is 10.1. The van der Waals surface area contributed by atoms with Gasteiger partial charge in [0.05, 0.1) is 6.42 Å². The molecule has 29 heavy (non-hydrogen) atoms. The maximum atomic E-state index is 12.2. The van der Waals surface area contributed by atoms with Gasteiger partial charge in [0.25, 0.3) is 0 Å². The molecule has 1 aliphatic heterocycles. The molecule has 1 saturated heterocycles. The summed E-state index contributed by atoms with van der Waals surface area (Å²) in [4.78, 5) is 17.0. The molecule has 0 spiro atoms. The topological polar surface area (TPSA) is 61.6 Å². The molecular formula is C21H31Cl3N4O. The fraction of sp³-hybridized carbons (Fsp3) is 0.381. The summed E-state index contributed by atoms with van der Waals surface area (Å²) < 4.78 is 0. The van der Waals surface area contributed by atoms with Gasteiger partial charge in [0, 0.05) is 50.1 Å². The van der Waals surface area contributed by atoms with Crippen molar-refractivity contribution in [2.75, 3.05) is 43.4 Å². The van der Waals surface area contributed by atoms with Crippen LogP contribution in [0.2, 0.25) is 0 Å². The van der Waals surface area contributed by atoms with Crippen LogP contribution in [0, 0.1) is 0 Å². The first-order valence-electron chi connectivity index (χ1n) is 9.27. The van der Waals surface area contributed by atoms with E-state index in [1.807, 2.05) is 24.3 Å². The molecule has 3 N–H and O–H groups in total. The first-order valence-corrected chi connectivity index (χ1v) is 9.27. The van der Waals surface area contributed by atoms with E-state index in [1.54, 1.807) is 0 Å². The molecule has 1 unspecified atom stereocenters. The largest absolute Gasteiger partial charge is 0.399 e. The van der Waals surface area contributed by atoms with E-state index in [-0.39, 0.29) is 43.1 Å². The highest BCUT2D eigenvalue weighted by Gasteiger charge is 2.21. The van der Waals surface area contributed by atoms with Crippen molar-refractivity contribution >= 4 is 54.5 Å². The first kappa shape index (κ1) is 27.3. The van der Waals surface area contributed by atoms with Crippen molar-refractivity contribution < 1.29 is 4.79 Å². The number of halogens is 3. The molecule has 0 radical (unpaired) electrons. The average molecular weight is 462 g/mol. The Morgan fingerprint density at radius 3 is 2.14 bits per heavy atom. The number of nitrogens with two attached hydrogens (primary N) is 1. The van der Waals surface area contributed by atoms with Crippen LogP contribution in [-0.2, 0) is 11.2 Å². The third-order valence-electron chi connectivity index (χ3n) is 5.00. The molecule has 5 nitrogen and oxygen atoms in total. The molecule has 162 valence electrons. The van der Waals surface area contributed by atoms with Crippen LogP contribution in [0.3, 0.4) is 0 Å². The lowest BCUT2D eigenvalue weighted by Crippen LogP contribution is -2.52. The highest BCUT2D eigenvalue weighted by Crippen LogP contribution is 2.16. The van der Waals surface area contributed by atoms with E-state index in [4.69, 9.17) is 5.73 Å². The van der Waals surface area contributed by atoms with Crippen LogP contribution < -0.4 is 16.0 Å². The van der Waals surface area contributed by atoms with Gasteiger partial charge in [0.2, 0.25) is 5.91 Å². The van der Waals surface area contributed by atoms with Gasteiger partial charge in [-0.25, -0.2) is 0 Å². The molecule has 0 saturated carbocycles. The number of nitrogen functional groups attached to an aromatic ring is 1. The number of benzene rings is 2. The van der Waals surface area contributed by atoms with Crippen LogP contribution in [0.25, 0.3) is 0 Å². The minimum Gasteiger partial charge on any atom is -0.399 e. The average Bonchev–Trinajstić information content (AvgIpc) is 2.69. The highest BCUT2D eigenvalue weighted by molar-refractivity contribution is 5.86. The van der Waals surface area contributed by atoms with Crippen molar-refractivity contribution in [1.29, 1.82) is 0 Å². The Balaban J connectivity index is 0.00000261. The number of rotatable bonds is 6. The van der Waals surface area contributed by atoms with Gasteiger partial charge in [-0.3, -0.25) is 9.69 Å². The number of carbonyl (C=O) groups excluding carboxylic acids is 1. The van der Waals surface area contributed by atoms with E-state index < -0.39 is 0 Å². The number of carbonyl (C=O) groups is 1.